The van der Waals surface area contributed by atoms with Crippen molar-refractivity contribution in [2.24, 2.45) is 11.8 Å². The first kappa shape index (κ1) is 17.6. The quantitative estimate of drug-likeness (QED) is 0.564. The molecule has 2 aliphatic rings. The highest BCUT2D eigenvalue weighted by Crippen LogP contribution is 2.43. The van der Waals surface area contributed by atoms with E-state index in [9.17, 15) is 13.2 Å². The van der Waals surface area contributed by atoms with Crippen molar-refractivity contribution in [1.82, 2.24) is 0 Å². The van der Waals surface area contributed by atoms with Crippen molar-refractivity contribution < 1.29 is 13.2 Å². The molecule has 0 heterocycles. The summed E-state index contributed by atoms with van der Waals surface area (Å²) in [6, 6.07) is 3.03. The standard InChI is InChI=1S/C21H27F3/c1-2-3-14-12-19(23)21(20(24)13-14)17-6-4-15(5-7-17)16-8-10-18(22)11-9-16/h10,12-13,15-17H,2-9,11H2,1H3/t15-,16?,17-. The average Bonchev–Trinajstić information content (AvgIpc) is 2.56. The van der Waals surface area contributed by atoms with E-state index in [0.29, 0.717) is 30.2 Å². The molecule has 0 N–H and O–H groups in total. The minimum atomic E-state index is -0.371. The third kappa shape index (κ3) is 3.87. The maximum Gasteiger partial charge on any atom is 0.129 e. The van der Waals surface area contributed by atoms with E-state index in [1.54, 1.807) is 6.08 Å². The lowest BCUT2D eigenvalue weighted by atomic mass is 9.70. The molecule has 2 aliphatic carbocycles. The van der Waals surface area contributed by atoms with Crippen LogP contribution in [-0.4, -0.2) is 0 Å². The minimum absolute atomic E-state index is 0.00667. The Balaban J connectivity index is 1.64. The van der Waals surface area contributed by atoms with Gasteiger partial charge in [-0.15, -0.1) is 0 Å². The van der Waals surface area contributed by atoms with Gasteiger partial charge in [-0.1, -0.05) is 19.4 Å². The molecule has 3 rings (SSSR count). The second-order valence-electron chi connectivity index (χ2n) is 7.52. The van der Waals surface area contributed by atoms with Gasteiger partial charge in [0.15, 0.2) is 0 Å². The van der Waals surface area contributed by atoms with Gasteiger partial charge in [0.25, 0.3) is 0 Å². The van der Waals surface area contributed by atoms with Gasteiger partial charge in [-0.2, -0.15) is 0 Å². The maximum absolute atomic E-state index is 14.4. The summed E-state index contributed by atoms with van der Waals surface area (Å²) in [6.07, 6.45) is 9.33. The molecule has 0 spiro atoms. The zero-order chi connectivity index (χ0) is 17.1. The molecule has 0 radical (unpaired) electrons. The number of hydrogen-bond acceptors (Lipinski definition) is 0. The molecule has 0 aromatic heterocycles. The first-order chi connectivity index (χ1) is 11.6. The maximum atomic E-state index is 14.4. The SMILES string of the molecule is CCCc1cc(F)c([C@H]2CC[C@H](C3CC=C(F)CC3)CC2)c(F)c1. The number of benzene rings is 1. The predicted molar refractivity (Wildman–Crippen MR) is 91.6 cm³/mol. The van der Waals surface area contributed by atoms with Crippen LogP contribution in [0.15, 0.2) is 24.0 Å². The van der Waals surface area contributed by atoms with Crippen LogP contribution in [0.1, 0.15) is 75.3 Å². The lowest BCUT2D eigenvalue weighted by Gasteiger charge is -2.35. The fourth-order valence-corrected chi connectivity index (χ4v) is 4.59. The monoisotopic (exact) mass is 336 g/mol. The first-order valence-electron chi connectivity index (χ1n) is 9.40. The highest BCUT2D eigenvalue weighted by Gasteiger charge is 2.31. The summed E-state index contributed by atoms with van der Waals surface area (Å²) >= 11 is 0. The van der Waals surface area contributed by atoms with Crippen LogP contribution in [0.5, 0.6) is 0 Å². The van der Waals surface area contributed by atoms with Gasteiger partial charge in [0.1, 0.15) is 11.6 Å². The highest BCUT2D eigenvalue weighted by atomic mass is 19.1. The van der Waals surface area contributed by atoms with E-state index in [2.05, 4.69) is 0 Å². The summed E-state index contributed by atoms with van der Waals surface area (Å²) in [5.74, 6) is 0.404. The summed E-state index contributed by atoms with van der Waals surface area (Å²) in [5, 5.41) is 0. The summed E-state index contributed by atoms with van der Waals surface area (Å²) in [6.45, 7) is 2.01. The molecule has 0 nitrogen and oxygen atoms in total. The van der Waals surface area contributed by atoms with Gasteiger partial charge in [0.05, 0.1) is 5.83 Å². The predicted octanol–water partition coefficient (Wildman–Crippen LogP) is 6.84. The van der Waals surface area contributed by atoms with Crippen LogP contribution >= 0.6 is 0 Å². The number of halogens is 3. The summed E-state index contributed by atoms with van der Waals surface area (Å²) < 4.78 is 42.0. The second kappa shape index (κ2) is 7.76. The van der Waals surface area contributed by atoms with Crippen LogP contribution in [0.25, 0.3) is 0 Å². The molecule has 0 aliphatic heterocycles. The second-order valence-corrected chi connectivity index (χ2v) is 7.52. The van der Waals surface area contributed by atoms with E-state index in [0.717, 1.165) is 50.5 Å². The molecule has 0 amide bonds. The largest absolute Gasteiger partial charge is 0.212 e. The van der Waals surface area contributed by atoms with Crippen LogP contribution in [0.3, 0.4) is 0 Å². The van der Waals surface area contributed by atoms with Crippen molar-refractivity contribution in [3.63, 3.8) is 0 Å². The van der Waals surface area contributed by atoms with E-state index in [1.807, 2.05) is 6.92 Å². The minimum Gasteiger partial charge on any atom is -0.212 e. The lowest BCUT2D eigenvalue weighted by molar-refractivity contribution is 0.210. The van der Waals surface area contributed by atoms with Gasteiger partial charge >= 0.3 is 0 Å². The van der Waals surface area contributed by atoms with E-state index in [-0.39, 0.29) is 23.4 Å². The molecule has 132 valence electrons. The number of aryl methyl sites for hydroxylation is 1. The molecule has 1 aromatic rings. The molecule has 1 aromatic carbocycles. The van der Waals surface area contributed by atoms with Crippen molar-refractivity contribution in [2.75, 3.05) is 0 Å². The van der Waals surface area contributed by atoms with Crippen LogP contribution in [0.4, 0.5) is 13.2 Å². The normalized spacial score (nSPS) is 27.8. The van der Waals surface area contributed by atoms with Crippen molar-refractivity contribution >= 4 is 0 Å². The Morgan fingerprint density at radius 3 is 2.12 bits per heavy atom. The molecular weight excluding hydrogens is 309 g/mol. The van der Waals surface area contributed by atoms with Crippen molar-refractivity contribution in [3.8, 4) is 0 Å². The molecule has 1 fully saturated rings. The topological polar surface area (TPSA) is 0 Å². The molecule has 1 atom stereocenters. The van der Waals surface area contributed by atoms with Gasteiger partial charge in [-0.3, -0.25) is 0 Å². The Labute approximate surface area is 143 Å². The molecule has 0 saturated heterocycles. The molecule has 1 unspecified atom stereocenters. The van der Waals surface area contributed by atoms with Crippen LogP contribution in [-0.2, 0) is 6.42 Å². The Morgan fingerprint density at radius 1 is 0.917 bits per heavy atom. The summed E-state index contributed by atoms with van der Waals surface area (Å²) in [7, 11) is 0. The van der Waals surface area contributed by atoms with Gasteiger partial charge in [-0.25, -0.2) is 13.2 Å². The molecular formula is C21H27F3. The van der Waals surface area contributed by atoms with Gasteiger partial charge in [0, 0.05) is 5.56 Å². The number of hydrogen-bond donors (Lipinski definition) is 0. The van der Waals surface area contributed by atoms with Crippen LogP contribution in [0.2, 0.25) is 0 Å². The Hall–Kier alpha value is -1.25. The highest BCUT2D eigenvalue weighted by molar-refractivity contribution is 5.29. The van der Waals surface area contributed by atoms with Crippen molar-refractivity contribution in [1.29, 1.82) is 0 Å². The summed E-state index contributed by atoms with van der Waals surface area (Å²) in [5.41, 5.74) is 1.05. The fourth-order valence-electron chi connectivity index (χ4n) is 4.59. The number of allylic oxidation sites excluding steroid dienone is 2. The fraction of sp³-hybridized carbons (Fsp3) is 0.619. The van der Waals surface area contributed by atoms with Crippen molar-refractivity contribution in [3.05, 3.63) is 46.8 Å². The smallest absolute Gasteiger partial charge is 0.129 e. The summed E-state index contributed by atoms with van der Waals surface area (Å²) in [4.78, 5) is 0. The average molecular weight is 336 g/mol. The first-order valence-corrected chi connectivity index (χ1v) is 9.40. The van der Waals surface area contributed by atoms with Crippen LogP contribution in [0, 0.1) is 23.5 Å². The zero-order valence-corrected chi connectivity index (χ0v) is 14.5. The third-order valence-electron chi connectivity index (χ3n) is 5.92. The van der Waals surface area contributed by atoms with Gasteiger partial charge < -0.3 is 0 Å². The third-order valence-corrected chi connectivity index (χ3v) is 5.92. The van der Waals surface area contributed by atoms with E-state index in [1.165, 1.54) is 12.1 Å². The molecule has 3 heteroatoms. The van der Waals surface area contributed by atoms with Crippen molar-refractivity contribution in [2.45, 2.75) is 70.6 Å². The molecule has 24 heavy (non-hydrogen) atoms. The Morgan fingerprint density at radius 2 is 1.58 bits per heavy atom. The zero-order valence-electron chi connectivity index (χ0n) is 14.5. The Bertz CT molecular complexity index is 574. The van der Waals surface area contributed by atoms with E-state index in [4.69, 9.17) is 0 Å². The van der Waals surface area contributed by atoms with Crippen LogP contribution < -0.4 is 0 Å². The Kier molecular flexibility index (Phi) is 5.68. The van der Waals surface area contributed by atoms with E-state index < -0.39 is 0 Å². The van der Waals surface area contributed by atoms with E-state index >= 15 is 0 Å². The lowest BCUT2D eigenvalue weighted by Crippen LogP contribution is -2.23. The molecule has 0 bridgehead atoms. The van der Waals surface area contributed by atoms with Gasteiger partial charge in [-0.05, 0) is 86.8 Å². The van der Waals surface area contributed by atoms with Gasteiger partial charge in [0.2, 0.25) is 0 Å². The number of rotatable bonds is 4. The molecule has 1 saturated carbocycles.